The molecular formula is C21H25ClN6O2S. The van der Waals surface area contributed by atoms with E-state index in [9.17, 15) is 4.79 Å². The number of nitrogens with one attached hydrogen (secondary N) is 1. The predicted molar refractivity (Wildman–Crippen MR) is 121 cm³/mol. The van der Waals surface area contributed by atoms with Crippen molar-refractivity contribution in [1.29, 1.82) is 0 Å². The maximum Gasteiger partial charge on any atom is 0.236 e. The van der Waals surface area contributed by atoms with Gasteiger partial charge in [0.15, 0.2) is 16.8 Å². The first-order valence-corrected chi connectivity index (χ1v) is 11.7. The number of hydrogen-bond donors (Lipinski definition) is 1. The number of anilines is 1. The minimum absolute atomic E-state index is 0.116. The molecule has 3 aromatic rings. The molecule has 8 nitrogen and oxygen atoms in total. The zero-order valence-corrected chi connectivity index (χ0v) is 19.1. The van der Waals surface area contributed by atoms with Crippen LogP contribution in [0.2, 0.25) is 5.02 Å². The van der Waals surface area contributed by atoms with Gasteiger partial charge in [0, 0.05) is 16.8 Å². The average Bonchev–Trinajstić information content (AvgIpc) is 3.39. The van der Waals surface area contributed by atoms with Gasteiger partial charge in [-0.25, -0.2) is 0 Å². The number of aromatic nitrogens is 4. The second-order valence-corrected chi connectivity index (χ2v) is 8.96. The second-order valence-electron chi connectivity index (χ2n) is 7.58. The van der Waals surface area contributed by atoms with Gasteiger partial charge in [-0.1, -0.05) is 34.9 Å². The molecule has 1 amide bonds. The fourth-order valence-corrected chi connectivity index (χ4v) is 4.57. The van der Waals surface area contributed by atoms with Crippen LogP contribution < -0.4 is 5.32 Å². The number of benzene rings is 1. The van der Waals surface area contributed by atoms with Gasteiger partial charge in [-0.3, -0.25) is 14.3 Å². The number of amides is 1. The van der Waals surface area contributed by atoms with E-state index in [4.69, 9.17) is 16.1 Å². The van der Waals surface area contributed by atoms with Gasteiger partial charge in [-0.15, -0.1) is 10.2 Å². The molecule has 1 unspecified atom stereocenters. The highest BCUT2D eigenvalue weighted by atomic mass is 35.5. The molecule has 1 aliphatic rings. The third kappa shape index (κ3) is 5.28. The topological polar surface area (TPSA) is 89.1 Å². The zero-order valence-electron chi connectivity index (χ0n) is 17.5. The van der Waals surface area contributed by atoms with Crippen LogP contribution in [0, 0.1) is 6.92 Å². The van der Waals surface area contributed by atoms with E-state index in [1.807, 2.05) is 28.8 Å². The molecule has 0 saturated carbocycles. The van der Waals surface area contributed by atoms with Gasteiger partial charge in [0.2, 0.25) is 5.91 Å². The summed E-state index contributed by atoms with van der Waals surface area (Å²) in [7, 11) is 0. The van der Waals surface area contributed by atoms with Crippen LogP contribution in [-0.2, 0) is 4.79 Å². The molecule has 1 N–H and O–H groups in total. The maximum absolute atomic E-state index is 12.4. The summed E-state index contributed by atoms with van der Waals surface area (Å²) < 4.78 is 7.01. The van der Waals surface area contributed by atoms with Gasteiger partial charge in [0.1, 0.15) is 5.76 Å². The van der Waals surface area contributed by atoms with E-state index >= 15 is 0 Å². The van der Waals surface area contributed by atoms with Crippen molar-refractivity contribution in [2.45, 2.75) is 44.3 Å². The molecule has 1 aliphatic heterocycles. The van der Waals surface area contributed by atoms with E-state index in [-0.39, 0.29) is 17.7 Å². The van der Waals surface area contributed by atoms with E-state index < -0.39 is 0 Å². The van der Waals surface area contributed by atoms with E-state index in [0.29, 0.717) is 21.8 Å². The van der Waals surface area contributed by atoms with Gasteiger partial charge in [0.05, 0.1) is 11.8 Å². The summed E-state index contributed by atoms with van der Waals surface area (Å²) in [5.74, 6) is 1.90. The highest BCUT2D eigenvalue weighted by Gasteiger charge is 2.26. The normalized spacial score (nSPS) is 15.7. The third-order valence-corrected chi connectivity index (χ3v) is 6.46. The summed E-state index contributed by atoms with van der Waals surface area (Å²) >= 11 is 7.43. The lowest BCUT2D eigenvalue weighted by atomic mass is 10.1. The van der Waals surface area contributed by atoms with Crippen molar-refractivity contribution >= 4 is 35.1 Å². The van der Waals surface area contributed by atoms with E-state index in [1.165, 1.54) is 31.0 Å². The van der Waals surface area contributed by atoms with Gasteiger partial charge < -0.3 is 9.84 Å². The molecule has 1 aromatic carbocycles. The van der Waals surface area contributed by atoms with Crippen molar-refractivity contribution < 1.29 is 9.32 Å². The van der Waals surface area contributed by atoms with Gasteiger partial charge in [0.25, 0.3) is 0 Å². The molecule has 3 heterocycles. The van der Waals surface area contributed by atoms with Crippen LogP contribution >= 0.6 is 23.4 Å². The van der Waals surface area contributed by atoms with Crippen molar-refractivity contribution in [2.75, 3.05) is 24.2 Å². The molecule has 1 fully saturated rings. The fraction of sp³-hybridized carbons (Fsp3) is 0.429. The number of carbonyl (C=O) groups excluding carboxylic acids is 1. The molecule has 1 saturated heterocycles. The van der Waals surface area contributed by atoms with Crippen LogP contribution in [0.3, 0.4) is 0 Å². The number of hydrogen-bond acceptors (Lipinski definition) is 7. The molecule has 4 rings (SSSR count). The van der Waals surface area contributed by atoms with Crippen molar-refractivity contribution in [3.63, 3.8) is 0 Å². The van der Waals surface area contributed by atoms with Crippen molar-refractivity contribution in [3.8, 4) is 5.69 Å². The van der Waals surface area contributed by atoms with Crippen molar-refractivity contribution in [2.24, 2.45) is 0 Å². The molecule has 0 bridgehead atoms. The number of carbonyl (C=O) groups is 1. The molecule has 0 spiro atoms. The standard InChI is InChI=1S/C21H25ClN6O2S/c1-14-12-18(26-30-14)23-19(29)13-31-21-25-24-20(15(2)27-10-4-3-5-11-27)28(21)17-8-6-16(22)7-9-17/h6-9,12,15H,3-5,10-11,13H2,1-2H3,(H,23,26,29). The first-order valence-electron chi connectivity index (χ1n) is 10.3. The minimum Gasteiger partial charge on any atom is -0.360 e. The van der Waals surface area contributed by atoms with Crippen LogP contribution in [-0.4, -0.2) is 49.6 Å². The molecule has 1 atom stereocenters. The Bertz CT molecular complexity index is 1030. The van der Waals surface area contributed by atoms with Crippen molar-refractivity contribution in [1.82, 2.24) is 24.8 Å². The average molecular weight is 461 g/mol. The maximum atomic E-state index is 12.4. The van der Waals surface area contributed by atoms with Gasteiger partial charge in [-0.2, -0.15) is 0 Å². The number of aryl methyl sites for hydroxylation is 1. The quantitative estimate of drug-likeness (QED) is 0.519. The Hall–Kier alpha value is -2.36. The Balaban J connectivity index is 1.55. The van der Waals surface area contributed by atoms with E-state index in [2.05, 4.69) is 32.5 Å². The molecule has 0 aliphatic carbocycles. The molecule has 31 heavy (non-hydrogen) atoms. The van der Waals surface area contributed by atoms with Crippen LogP contribution in [0.25, 0.3) is 5.69 Å². The Morgan fingerprint density at radius 1 is 1.23 bits per heavy atom. The van der Waals surface area contributed by atoms with E-state index in [0.717, 1.165) is 24.6 Å². The number of piperidine rings is 1. The first-order chi connectivity index (χ1) is 15.0. The first kappa shape index (κ1) is 21.9. The minimum atomic E-state index is -0.186. The Morgan fingerprint density at radius 2 is 1.97 bits per heavy atom. The Labute approximate surface area is 190 Å². The van der Waals surface area contributed by atoms with E-state index in [1.54, 1.807) is 13.0 Å². The van der Waals surface area contributed by atoms with Crippen LogP contribution in [0.1, 0.15) is 43.8 Å². The SMILES string of the molecule is Cc1cc(NC(=O)CSc2nnc(C(C)N3CCCCC3)n2-c2ccc(Cl)cc2)no1. The van der Waals surface area contributed by atoms with Gasteiger partial charge in [-0.05, 0) is 64.0 Å². The molecular weight excluding hydrogens is 436 g/mol. The number of nitrogens with zero attached hydrogens (tertiary/aromatic N) is 5. The summed E-state index contributed by atoms with van der Waals surface area (Å²) in [4.78, 5) is 14.8. The zero-order chi connectivity index (χ0) is 21.8. The fourth-order valence-electron chi connectivity index (χ4n) is 3.68. The lowest BCUT2D eigenvalue weighted by molar-refractivity contribution is -0.113. The van der Waals surface area contributed by atoms with Gasteiger partial charge >= 0.3 is 0 Å². The summed E-state index contributed by atoms with van der Waals surface area (Å²) in [6.07, 6.45) is 3.67. The third-order valence-electron chi connectivity index (χ3n) is 5.28. The largest absolute Gasteiger partial charge is 0.360 e. The number of likely N-dealkylation sites (tertiary alicyclic amines) is 1. The smallest absolute Gasteiger partial charge is 0.236 e. The van der Waals surface area contributed by atoms with Crippen LogP contribution in [0.15, 0.2) is 40.0 Å². The lowest BCUT2D eigenvalue weighted by Gasteiger charge is -2.31. The number of halogens is 1. The second kappa shape index (κ2) is 9.84. The molecule has 0 radical (unpaired) electrons. The van der Waals surface area contributed by atoms with Crippen LogP contribution in [0.5, 0.6) is 0 Å². The highest BCUT2D eigenvalue weighted by molar-refractivity contribution is 7.99. The number of rotatable bonds is 7. The summed E-state index contributed by atoms with van der Waals surface area (Å²) in [6.45, 7) is 6.04. The Morgan fingerprint density at radius 3 is 2.65 bits per heavy atom. The summed E-state index contributed by atoms with van der Waals surface area (Å²) in [6, 6.07) is 9.38. The van der Waals surface area contributed by atoms with Crippen LogP contribution in [0.4, 0.5) is 5.82 Å². The van der Waals surface area contributed by atoms with Crippen molar-refractivity contribution in [3.05, 3.63) is 46.9 Å². The highest BCUT2D eigenvalue weighted by Crippen LogP contribution is 2.30. The summed E-state index contributed by atoms with van der Waals surface area (Å²) in [5, 5.41) is 16.8. The molecule has 10 heteroatoms. The lowest BCUT2D eigenvalue weighted by Crippen LogP contribution is -2.33. The monoisotopic (exact) mass is 460 g/mol. The molecule has 2 aromatic heterocycles. The molecule has 164 valence electrons. The summed E-state index contributed by atoms with van der Waals surface area (Å²) in [5.41, 5.74) is 0.920. The number of thioether (sulfide) groups is 1. The predicted octanol–water partition coefficient (Wildman–Crippen LogP) is 4.49. The Kier molecular flexibility index (Phi) is 6.94.